The summed E-state index contributed by atoms with van der Waals surface area (Å²) < 4.78 is 28.4. The van der Waals surface area contributed by atoms with Gasteiger partial charge in [0.1, 0.15) is 0 Å². The van der Waals surface area contributed by atoms with Gasteiger partial charge in [-0.3, -0.25) is 0 Å². The van der Waals surface area contributed by atoms with E-state index in [1.807, 2.05) is 6.92 Å². The maximum atomic E-state index is 12.5. The molecule has 120 valence electrons. The lowest BCUT2D eigenvalue weighted by molar-refractivity contribution is 0.282. The number of nitrogens with one attached hydrogen (secondary N) is 1. The summed E-state index contributed by atoms with van der Waals surface area (Å²) in [5.41, 5.74) is 6.87. The first kappa shape index (κ1) is 18.4. The molecule has 0 aromatic heterocycles. The van der Waals surface area contributed by atoms with Crippen LogP contribution in [0.4, 0.5) is 5.69 Å². The molecule has 7 heteroatoms. The number of nitrogen functional groups attached to an aromatic ring is 1. The van der Waals surface area contributed by atoms with Gasteiger partial charge < -0.3 is 10.6 Å². The minimum absolute atomic E-state index is 0.167. The SMILES string of the molecule is CCN(CC)CC(C)NS(=O)(=O)c1cc(N)c(Br)cc1C. The van der Waals surface area contributed by atoms with Gasteiger partial charge in [-0.25, -0.2) is 13.1 Å². The Balaban J connectivity index is 2.94. The van der Waals surface area contributed by atoms with E-state index in [0.717, 1.165) is 13.1 Å². The fraction of sp³-hybridized carbons (Fsp3) is 0.571. The van der Waals surface area contributed by atoms with Crippen LogP contribution in [0.1, 0.15) is 26.3 Å². The number of halogens is 1. The average Bonchev–Trinajstić information content (AvgIpc) is 2.39. The molecule has 0 saturated carbocycles. The molecule has 0 amide bonds. The van der Waals surface area contributed by atoms with E-state index < -0.39 is 10.0 Å². The van der Waals surface area contributed by atoms with Crippen molar-refractivity contribution in [2.45, 2.75) is 38.6 Å². The van der Waals surface area contributed by atoms with Crippen molar-refractivity contribution in [1.29, 1.82) is 0 Å². The van der Waals surface area contributed by atoms with Crippen LogP contribution in [0.2, 0.25) is 0 Å². The van der Waals surface area contributed by atoms with Crippen molar-refractivity contribution in [3.8, 4) is 0 Å². The summed E-state index contributed by atoms with van der Waals surface area (Å²) in [5, 5.41) is 0. The maximum absolute atomic E-state index is 12.5. The van der Waals surface area contributed by atoms with Crippen molar-refractivity contribution in [2.24, 2.45) is 0 Å². The molecule has 0 spiro atoms. The molecule has 0 heterocycles. The van der Waals surface area contributed by atoms with Crippen LogP contribution in [-0.4, -0.2) is 39.0 Å². The largest absolute Gasteiger partial charge is 0.398 e. The Morgan fingerprint density at radius 1 is 1.33 bits per heavy atom. The molecule has 3 N–H and O–H groups in total. The van der Waals surface area contributed by atoms with E-state index in [1.165, 1.54) is 6.07 Å². The van der Waals surface area contributed by atoms with Crippen LogP contribution >= 0.6 is 15.9 Å². The zero-order valence-electron chi connectivity index (χ0n) is 13.0. The third-order valence-corrected chi connectivity index (χ3v) is 5.78. The second kappa shape index (κ2) is 7.58. The van der Waals surface area contributed by atoms with Gasteiger partial charge in [-0.1, -0.05) is 13.8 Å². The lowest BCUT2D eigenvalue weighted by Gasteiger charge is -2.23. The topological polar surface area (TPSA) is 75.4 Å². The van der Waals surface area contributed by atoms with Gasteiger partial charge in [-0.2, -0.15) is 0 Å². The number of benzene rings is 1. The van der Waals surface area contributed by atoms with Crippen LogP contribution in [0.15, 0.2) is 21.5 Å². The quantitative estimate of drug-likeness (QED) is 0.715. The summed E-state index contributed by atoms with van der Waals surface area (Å²) in [6.45, 7) is 10.2. The highest BCUT2D eigenvalue weighted by molar-refractivity contribution is 9.10. The molecule has 0 saturated heterocycles. The molecule has 1 aromatic carbocycles. The molecule has 1 aromatic rings. The smallest absolute Gasteiger partial charge is 0.241 e. The fourth-order valence-corrected chi connectivity index (χ4v) is 4.15. The van der Waals surface area contributed by atoms with Gasteiger partial charge >= 0.3 is 0 Å². The van der Waals surface area contributed by atoms with E-state index in [0.29, 0.717) is 22.3 Å². The van der Waals surface area contributed by atoms with Crippen LogP contribution in [-0.2, 0) is 10.0 Å². The molecule has 1 atom stereocenters. The lowest BCUT2D eigenvalue weighted by Crippen LogP contribution is -2.42. The number of likely N-dealkylation sites (N-methyl/N-ethyl adjacent to an activating group) is 1. The van der Waals surface area contributed by atoms with Gasteiger partial charge in [-0.05, 0) is 60.6 Å². The second-order valence-electron chi connectivity index (χ2n) is 5.15. The fourth-order valence-electron chi connectivity index (χ4n) is 2.19. The third kappa shape index (κ3) is 4.95. The number of hydrogen-bond acceptors (Lipinski definition) is 4. The predicted molar refractivity (Wildman–Crippen MR) is 90.9 cm³/mol. The first-order valence-electron chi connectivity index (χ1n) is 7.01. The minimum Gasteiger partial charge on any atom is -0.398 e. The Kier molecular flexibility index (Phi) is 6.65. The van der Waals surface area contributed by atoms with Gasteiger partial charge in [0, 0.05) is 22.7 Å². The second-order valence-corrected chi connectivity index (χ2v) is 7.68. The zero-order chi connectivity index (χ0) is 16.2. The number of hydrogen-bond donors (Lipinski definition) is 2. The van der Waals surface area contributed by atoms with Crippen molar-refractivity contribution >= 4 is 31.6 Å². The summed E-state index contributed by atoms with van der Waals surface area (Å²) in [6, 6.07) is 3.05. The summed E-state index contributed by atoms with van der Waals surface area (Å²) in [6.07, 6.45) is 0. The molecule has 0 aliphatic rings. The molecule has 1 unspecified atom stereocenters. The van der Waals surface area contributed by atoms with Crippen molar-refractivity contribution in [1.82, 2.24) is 9.62 Å². The molecule has 0 aliphatic carbocycles. The molecule has 21 heavy (non-hydrogen) atoms. The first-order valence-corrected chi connectivity index (χ1v) is 9.29. The van der Waals surface area contributed by atoms with Crippen LogP contribution < -0.4 is 10.5 Å². The van der Waals surface area contributed by atoms with Crippen LogP contribution in [0, 0.1) is 6.92 Å². The number of nitrogens with zero attached hydrogens (tertiary/aromatic N) is 1. The van der Waals surface area contributed by atoms with Gasteiger partial charge in [0.25, 0.3) is 0 Å². The van der Waals surface area contributed by atoms with E-state index in [1.54, 1.807) is 13.0 Å². The van der Waals surface area contributed by atoms with E-state index >= 15 is 0 Å². The van der Waals surface area contributed by atoms with E-state index in [9.17, 15) is 8.42 Å². The highest BCUT2D eigenvalue weighted by Crippen LogP contribution is 2.26. The van der Waals surface area contributed by atoms with Crippen molar-refractivity contribution in [3.63, 3.8) is 0 Å². The van der Waals surface area contributed by atoms with E-state index in [2.05, 4.69) is 39.4 Å². The number of anilines is 1. The molecule has 0 radical (unpaired) electrons. The Morgan fingerprint density at radius 3 is 2.43 bits per heavy atom. The number of nitrogens with two attached hydrogens (primary N) is 1. The molecular formula is C14H24BrN3O2S. The van der Waals surface area contributed by atoms with Gasteiger partial charge in [0.05, 0.1) is 4.90 Å². The lowest BCUT2D eigenvalue weighted by atomic mass is 10.2. The Bertz CT molecular complexity index is 586. The van der Waals surface area contributed by atoms with Gasteiger partial charge in [0.2, 0.25) is 10.0 Å². The highest BCUT2D eigenvalue weighted by atomic mass is 79.9. The molecular weight excluding hydrogens is 354 g/mol. The molecule has 0 aliphatic heterocycles. The Morgan fingerprint density at radius 2 is 1.90 bits per heavy atom. The van der Waals surface area contributed by atoms with Crippen molar-refractivity contribution in [2.75, 3.05) is 25.4 Å². The van der Waals surface area contributed by atoms with Crippen LogP contribution in [0.5, 0.6) is 0 Å². The highest BCUT2D eigenvalue weighted by Gasteiger charge is 2.21. The molecule has 0 bridgehead atoms. The Labute approximate surface area is 136 Å². The van der Waals surface area contributed by atoms with Gasteiger partial charge in [0.15, 0.2) is 0 Å². The normalized spacial score (nSPS) is 13.6. The summed E-state index contributed by atoms with van der Waals surface area (Å²) in [5.74, 6) is 0. The predicted octanol–water partition coefficient (Wildman–Crippen LogP) is 2.35. The zero-order valence-corrected chi connectivity index (χ0v) is 15.4. The summed E-state index contributed by atoms with van der Waals surface area (Å²) in [4.78, 5) is 2.41. The number of aryl methyl sites for hydroxylation is 1. The van der Waals surface area contributed by atoms with Crippen molar-refractivity contribution in [3.05, 3.63) is 22.2 Å². The van der Waals surface area contributed by atoms with Crippen LogP contribution in [0.25, 0.3) is 0 Å². The molecule has 5 nitrogen and oxygen atoms in total. The summed E-state index contributed by atoms with van der Waals surface area (Å²) >= 11 is 3.30. The molecule has 1 rings (SSSR count). The molecule has 0 fully saturated rings. The minimum atomic E-state index is -3.57. The first-order chi connectivity index (χ1) is 9.71. The van der Waals surface area contributed by atoms with Crippen molar-refractivity contribution < 1.29 is 8.42 Å². The number of rotatable bonds is 7. The van der Waals surface area contributed by atoms with Crippen LogP contribution in [0.3, 0.4) is 0 Å². The average molecular weight is 378 g/mol. The summed E-state index contributed by atoms with van der Waals surface area (Å²) in [7, 11) is -3.57. The monoisotopic (exact) mass is 377 g/mol. The van der Waals surface area contributed by atoms with Gasteiger partial charge in [-0.15, -0.1) is 0 Å². The Hall–Kier alpha value is -0.630. The maximum Gasteiger partial charge on any atom is 0.241 e. The number of sulfonamides is 1. The van der Waals surface area contributed by atoms with E-state index in [4.69, 9.17) is 5.73 Å². The third-order valence-electron chi connectivity index (χ3n) is 3.37. The van der Waals surface area contributed by atoms with E-state index in [-0.39, 0.29) is 10.9 Å². The standard InChI is InChI=1S/C14H24BrN3O2S/c1-5-18(6-2)9-11(4)17-21(19,20)14-8-13(16)12(15)7-10(14)3/h7-8,11,17H,5-6,9,16H2,1-4H3.